The molecular formula is C34H42N4O2S2. The SMILES string of the molecule is CCCCCCCCCCCCN1C(=O)C(=Cc2c(N3CCc4ccccc4C3)nc3ccc(C)cn3c2=O)SC1=S. The summed E-state index contributed by atoms with van der Waals surface area (Å²) in [4.78, 5) is 36.7. The van der Waals surface area contributed by atoms with Gasteiger partial charge in [0.25, 0.3) is 11.5 Å². The number of hydrogen-bond donors (Lipinski definition) is 0. The molecule has 0 aliphatic carbocycles. The van der Waals surface area contributed by atoms with Crippen molar-refractivity contribution in [3.05, 3.63) is 80.1 Å². The van der Waals surface area contributed by atoms with Crippen LogP contribution in [0.25, 0.3) is 11.7 Å². The van der Waals surface area contributed by atoms with E-state index in [1.54, 1.807) is 15.4 Å². The van der Waals surface area contributed by atoms with Gasteiger partial charge in [0, 0.05) is 25.8 Å². The Kier molecular flexibility index (Phi) is 10.5. The minimum atomic E-state index is -0.169. The Labute approximate surface area is 259 Å². The summed E-state index contributed by atoms with van der Waals surface area (Å²) in [7, 11) is 0. The molecule has 4 heterocycles. The minimum absolute atomic E-state index is 0.107. The summed E-state index contributed by atoms with van der Waals surface area (Å²) >= 11 is 6.92. The lowest BCUT2D eigenvalue weighted by molar-refractivity contribution is -0.122. The highest BCUT2D eigenvalue weighted by atomic mass is 32.2. The number of rotatable bonds is 13. The highest BCUT2D eigenvalue weighted by Crippen LogP contribution is 2.34. The molecule has 0 bridgehead atoms. The van der Waals surface area contributed by atoms with E-state index in [1.807, 2.05) is 25.3 Å². The van der Waals surface area contributed by atoms with Crippen LogP contribution in [0.1, 0.15) is 93.4 Å². The van der Waals surface area contributed by atoms with Crippen LogP contribution in [0, 0.1) is 6.92 Å². The number of thiocarbonyl (C=S) groups is 1. The fourth-order valence-electron chi connectivity index (χ4n) is 5.87. The number of anilines is 1. The topological polar surface area (TPSA) is 57.9 Å². The zero-order chi connectivity index (χ0) is 29.5. The summed E-state index contributed by atoms with van der Waals surface area (Å²) in [6, 6.07) is 12.3. The second-order valence-corrected chi connectivity index (χ2v) is 13.2. The molecule has 0 N–H and O–H groups in total. The monoisotopic (exact) mass is 602 g/mol. The maximum atomic E-state index is 13.9. The molecular weight excluding hydrogens is 561 g/mol. The largest absolute Gasteiger partial charge is 0.351 e. The molecule has 0 atom stereocenters. The normalized spacial score (nSPS) is 16.2. The molecule has 0 spiro atoms. The summed E-state index contributed by atoms with van der Waals surface area (Å²) in [6.45, 7) is 6.27. The highest BCUT2D eigenvalue weighted by Gasteiger charge is 2.33. The Balaban J connectivity index is 1.31. The van der Waals surface area contributed by atoms with Gasteiger partial charge in [0.15, 0.2) is 0 Å². The first-order valence-electron chi connectivity index (χ1n) is 15.6. The van der Waals surface area contributed by atoms with E-state index in [0.717, 1.165) is 31.4 Å². The van der Waals surface area contributed by atoms with E-state index in [2.05, 4.69) is 36.1 Å². The predicted molar refractivity (Wildman–Crippen MR) is 179 cm³/mol. The van der Waals surface area contributed by atoms with Crippen molar-refractivity contribution in [1.29, 1.82) is 0 Å². The molecule has 2 aromatic heterocycles. The Hall–Kier alpha value is -2.97. The van der Waals surface area contributed by atoms with E-state index in [-0.39, 0.29) is 11.5 Å². The van der Waals surface area contributed by atoms with Gasteiger partial charge in [0.1, 0.15) is 15.8 Å². The number of nitrogens with zero attached hydrogens (tertiary/aromatic N) is 4. The maximum Gasteiger partial charge on any atom is 0.267 e. The number of benzene rings is 1. The van der Waals surface area contributed by atoms with Crippen molar-refractivity contribution < 1.29 is 4.79 Å². The molecule has 222 valence electrons. The Morgan fingerprint density at radius 2 is 1.62 bits per heavy atom. The Bertz CT molecular complexity index is 1530. The van der Waals surface area contributed by atoms with Crippen molar-refractivity contribution in [1.82, 2.24) is 14.3 Å². The Morgan fingerprint density at radius 1 is 0.929 bits per heavy atom. The summed E-state index contributed by atoms with van der Waals surface area (Å²) in [5, 5.41) is 0. The van der Waals surface area contributed by atoms with Gasteiger partial charge in [-0.15, -0.1) is 0 Å². The quantitative estimate of drug-likeness (QED) is 0.114. The van der Waals surface area contributed by atoms with Gasteiger partial charge in [-0.05, 0) is 48.6 Å². The first kappa shape index (κ1) is 30.5. The molecule has 1 saturated heterocycles. The van der Waals surface area contributed by atoms with Crippen LogP contribution in [0.15, 0.2) is 52.3 Å². The third-order valence-electron chi connectivity index (χ3n) is 8.30. The third kappa shape index (κ3) is 7.14. The van der Waals surface area contributed by atoms with Crippen molar-refractivity contribution >= 4 is 51.7 Å². The molecule has 1 amide bonds. The van der Waals surface area contributed by atoms with Crippen LogP contribution in [0.5, 0.6) is 0 Å². The molecule has 1 aromatic carbocycles. The van der Waals surface area contributed by atoms with Crippen LogP contribution >= 0.6 is 24.0 Å². The predicted octanol–water partition coefficient (Wildman–Crippen LogP) is 7.69. The first-order chi connectivity index (χ1) is 20.5. The fourth-order valence-corrected chi connectivity index (χ4v) is 7.16. The lowest BCUT2D eigenvalue weighted by Gasteiger charge is -2.30. The third-order valence-corrected chi connectivity index (χ3v) is 9.68. The maximum absolute atomic E-state index is 13.9. The lowest BCUT2D eigenvalue weighted by Crippen LogP contribution is -2.34. The number of aryl methyl sites for hydroxylation is 1. The Morgan fingerprint density at radius 3 is 2.36 bits per heavy atom. The molecule has 1 fully saturated rings. The average Bonchev–Trinajstić information content (AvgIpc) is 3.26. The van der Waals surface area contributed by atoms with Gasteiger partial charge in [-0.2, -0.15) is 0 Å². The highest BCUT2D eigenvalue weighted by molar-refractivity contribution is 8.26. The number of hydrogen-bond acceptors (Lipinski definition) is 6. The number of carbonyl (C=O) groups excluding carboxylic acids is 1. The fraction of sp³-hybridized carbons (Fsp3) is 0.471. The number of amides is 1. The van der Waals surface area contributed by atoms with Crippen molar-refractivity contribution in [2.45, 2.75) is 91.0 Å². The smallest absolute Gasteiger partial charge is 0.267 e. The van der Waals surface area contributed by atoms with Gasteiger partial charge in [-0.1, -0.05) is 119 Å². The number of aromatic nitrogens is 2. The van der Waals surface area contributed by atoms with Crippen LogP contribution in [0.4, 0.5) is 5.82 Å². The van der Waals surface area contributed by atoms with Gasteiger partial charge in [-0.3, -0.25) is 18.9 Å². The molecule has 6 nitrogen and oxygen atoms in total. The van der Waals surface area contributed by atoms with Gasteiger partial charge < -0.3 is 4.90 Å². The summed E-state index contributed by atoms with van der Waals surface area (Å²) in [6.07, 6.45) is 16.9. The van der Waals surface area contributed by atoms with E-state index >= 15 is 0 Å². The zero-order valence-corrected chi connectivity index (χ0v) is 26.6. The molecule has 5 rings (SSSR count). The van der Waals surface area contributed by atoms with Gasteiger partial charge in [0.2, 0.25) is 0 Å². The van der Waals surface area contributed by atoms with Gasteiger partial charge in [-0.25, -0.2) is 4.98 Å². The lowest BCUT2D eigenvalue weighted by atomic mass is 9.99. The van der Waals surface area contributed by atoms with Crippen LogP contribution in [-0.2, 0) is 17.8 Å². The van der Waals surface area contributed by atoms with Crippen LogP contribution in [-0.4, -0.2) is 37.6 Å². The summed E-state index contributed by atoms with van der Waals surface area (Å²) in [5.74, 6) is 0.517. The molecule has 2 aliphatic rings. The molecule has 0 radical (unpaired) electrons. The molecule has 3 aromatic rings. The number of pyridine rings is 1. The molecule has 2 aliphatic heterocycles. The van der Waals surface area contributed by atoms with Crippen molar-refractivity contribution in [3.63, 3.8) is 0 Å². The molecule has 42 heavy (non-hydrogen) atoms. The van der Waals surface area contributed by atoms with Crippen molar-refractivity contribution in [2.75, 3.05) is 18.0 Å². The standard InChI is InChI=1S/C34H42N4O2S2/c1-3-4-5-6-7-8-9-10-11-14-20-37-33(40)29(42-34(37)41)22-28-31(35-30-18-17-25(2)23-38(30)32(28)39)36-21-19-26-15-12-13-16-27(26)24-36/h12-13,15-18,22-23H,3-11,14,19-21,24H2,1-2H3. The van der Waals surface area contributed by atoms with E-state index in [4.69, 9.17) is 17.2 Å². The number of fused-ring (bicyclic) bond motifs is 2. The van der Waals surface area contributed by atoms with E-state index < -0.39 is 0 Å². The van der Waals surface area contributed by atoms with Crippen LogP contribution in [0.2, 0.25) is 0 Å². The molecule has 8 heteroatoms. The van der Waals surface area contributed by atoms with Crippen molar-refractivity contribution in [3.8, 4) is 0 Å². The van der Waals surface area contributed by atoms with Crippen molar-refractivity contribution in [2.24, 2.45) is 0 Å². The van der Waals surface area contributed by atoms with E-state index in [1.165, 1.54) is 74.3 Å². The molecule has 0 saturated carbocycles. The average molecular weight is 603 g/mol. The van der Waals surface area contributed by atoms with Crippen LogP contribution < -0.4 is 10.5 Å². The minimum Gasteiger partial charge on any atom is -0.351 e. The first-order valence-corrected chi connectivity index (χ1v) is 16.8. The van der Waals surface area contributed by atoms with E-state index in [0.29, 0.717) is 39.3 Å². The number of unbranched alkanes of at least 4 members (excludes halogenated alkanes) is 9. The van der Waals surface area contributed by atoms with Gasteiger partial charge >= 0.3 is 0 Å². The van der Waals surface area contributed by atoms with Gasteiger partial charge in [0.05, 0.1) is 10.5 Å². The number of carbonyl (C=O) groups is 1. The van der Waals surface area contributed by atoms with Crippen LogP contribution in [0.3, 0.4) is 0 Å². The zero-order valence-electron chi connectivity index (χ0n) is 24.9. The number of thioether (sulfide) groups is 1. The molecule has 0 unspecified atom stereocenters. The summed E-state index contributed by atoms with van der Waals surface area (Å²) < 4.78 is 2.16. The summed E-state index contributed by atoms with van der Waals surface area (Å²) in [5.41, 5.74) is 4.42. The van der Waals surface area contributed by atoms with E-state index in [9.17, 15) is 9.59 Å². The second-order valence-electron chi connectivity index (χ2n) is 11.5. The second kappa shape index (κ2) is 14.5.